The van der Waals surface area contributed by atoms with Crippen LogP contribution in [0.15, 0.2) is 24.3 Å². The molecule has 0 aromatic heterocycles. The lowest BCUT2D eigenvalue weighted by Crippen LogP contribution is -2.03. The minimum Gasteiger partial charge on any atom is -0.497 e. The molecule has 0 atom stereocenters. The van der Waals surface area contributed by atoms with Gasteiger partial charge < -0.3 is 19.3 Å². The largest absolute Gasteiger partial charge is 0.497 e. The van der Waals surface area contributed by atoms with E-state index in [1.165, 1.54) is 6.08 Å². The first-order valence-corrected chi connectivity index (χ1v) is 5.47. The van der Waals surface area contributed by atoms with E-state index >= 15 is 0 Å². The van der Waals surface area contributed by atoms with Crippen molar-refractivity contribution in [2.45, 2.75) is 6.92 Å². The molecule has 0 saturated heterocycles. The van der Waals surface area contributed by atoms with Gasteiger partial charge in [0.15, 0.2) is 6.79 Å². The zero-order valence-electron chi connectivity index (χ0n) is 10.4. The highest BCUT2D eigenvalue weighted by molar-refractivity contribution is 5.86. The first kappa shape index (κ1) is 14.1. The molecule has 0 spiro atoms. The zero-order chi connectivity index (χ0) is 13.4. The van der Waals surface area contributed by atoms with Gasteiger partial charge in [-0.15, -0.1) is 0 Å². The molecular formula is C13H16O5. The molecule has 0 aliphatic carbocycles. The molecule has 18 heavy (non-hydrogen) atoms. The molecule has 0 unspecified atom stereocenters. The molecule has 0 fully saturated rings. The topological polar surface area (TPSA) is 65.0 Å². The highest BCUT2D eigenvalue weighted by atomic mass is 16.7. The van der Waals surface area contributed by atoms with Gasteiger partial charge >= 0.3 is 5.97 Å². The molecule has 0 bridgehead atoms. The van der Waals surface area contributed by atoms with Crippen LogP contribution in [0.1, 0.15) is 12.5 Å². The summed E-state index contributed by atoms with van der Waals surface area (Å²) in [5.41, 5.74) is 0.622. The monoisotopic (exact) mass is 252 g/mol. The van der Waals surface area contributed by atoms with Gasteiger partial charge in [-0.2, -0.15) is 0 Å². The average molecular weight is 252 g/mol. The highest BCUT2D eigenvalue weighted by Crippen LogP contribution is 2.25. The predicted molar refractivity (Wildman–Crippen MR) is 66.8 cm³/mol. The van der Waals surface area contributed by atoms with Gasteiger partial charge in [-0.05, 0) is 31.2 Å². The van der Waals surface area contributed by atoms with Crippen molar-refractivity contribution in [1.29, 1.82) is 0 Å². The minimum atomic E-state index is -1.02. The van der Waals surface area contributed by atoms with Crippen LogP contribution in [0.5, 0.6) is 11.5 Å². The Bertz CT molecular complexity index is 425. The SMILES string of the molecule is CCOCOc1ccc(OC)cc1C=CC(=O)O. The summed E-state index contributed by atoms with van der Waals surface area (Å²) in [7, 11) is 1.54. The number of ether oxygens (including phenoxy) is 3. The molecule has 0 heterocycles. The van der Waals surface area contributed by atoms with Crippen LogP contribution >= 0.6 is 0 Å². The number of hydrogen-bond donors (Lipinski definition) is 1. The Labute approximate surface area is 106 Å². The maximum Gasteiger partial charge on any atom is 0.328 e. The maximum absolute atomic E-state index is 10.5. The Hall–Kier alpha value is -2.01. The predicted octanol–water partition coefficient (Wildman–Crippen LogP) is 2.17. The molecule has 5 nitrogen and oxygen atoms in total. The lowest BCUT2D eigenvalue weighted by molar-refractivity contribution is -0.131. The third-order valence-corrected chi connectivity index (χ3v) is 2.12. The smallest absolute Gasteiger partial charge is 0.328 e. The number of carbonyl (C=O) groups is 1. The molecule has 0 radical (unpaired) electrons. The van der Waals surface area contributed by atoms with Gasteiger partial charge in [-0.3, -0.25) is 0 Å². The van der Waals surface area contributed by atoms with E-state index in [1.807, 2.05) is 6.92 Å². The van der Waals surface area contributed by atoms with Crippen molar-refractivity contribution in [3.63, 3.8) is 0 Å². The van der Waals surface area contributed by atoms with Crippen molar-refractivity contribution in [2.75, 3.05) is 20.5 Å². The summed E-state index contributed by atoms with van der Waals surface area (Å²) in [6.45, 7) is 2.54. The summed E-state index contributed by atoms with van der Waals surface area (Å²) in [6.07, 6.45) is 2.49. The number of carboxylic acid groups (broad SMARTS) is 1. The molecule has 1 rings (SSSR count). The Morgan fingerprint density at radius 3 is 2.83 bits per heavy atom. The molecule has 0 aliphatic rings. The molecule has 1 aromatic carbocycles. The Morgan fingerprint density at radius 1 is 1.44 bits per heavy atom. The van der Waals surface area contributed by atoms with E-state index < -0.39 is 5.97 Å². The van der Waals surface area contributed by atoms with Crippen LogP contribution < -0.4 is 9.47 Å². The van der Waals surface area contributed by atoms with E-state index in [-0.39, 0.29) is 6.79 Å². The molecule has 5 heteroatoms. The van der Waals surface area contributed by atoms with Gasteiger partial charge in [0.2, 0.25) is 0 Å². The molecule has 0 aliphatic heterocycles. The second-order valence-corrected chi connectivity index (χ2v) is 3.33. The van der Waals surface area contributed by atoms with Gasteiger partial charge in [0.25, 0.3) is 0 Å². The fourth-order valence-corrected chi connectivity index (χ4v) is 1.26. The van der Waals surface area contributed by atoms with Crippen LogP contribution in [-0.2, 0) is 9.53 Å². The molecule has 0 saturated carbocycles. The standard InChI is InChI=1S/C13H16O5/c1-3-17-9-18-12-6-5-11(16-2)8-10(12)4-7-13(14)15/h4-8H,3,9H2,1-2H3,(H,14,15). The summed E-state index contributed by atoms with van der Waals surface area (Å²) in [6, 6.07) is 5.14. The van der Waals surface area contributed by atoms with E-state index in [0.717, 1.165) is 6.08 Å². The second-order valence-electron chi connectivity index (χ2n) is 3.33. The normalized spacial score (nSPS) is 10.6. The third kappa shape index (κ3) is 4.47. The van der Waals surface area contributed by atoms with Crippen molar-refractivity contribution in [3.8, 4) is 11.5 Å². The van der Waals surface area contributed by atoms with Crippen molar-refractivity contribution in [2.24, 2.45) is 0 Å². The van der Waals surface area contributed by atoms with Gasteiger partial charge in [-0.25, -0.2) is 4.79 Å². The van der Waals surface area contributed by atoms with Crippen molar-refractivity contribution >= 4 is 12.0 Å². The summed E-state index contributed by atoms with van der Waals surface area (Å²) < 4.78 is 15.5. The highest BCUT2D eigenvalue weighted by Gasteiger charge is 2.04. The molecule has 1 aromatic rings. The first-order valence-electron chi connectivity index (χ1n) is 5.47. The average Bonchev–Trinajstić information content (AvgIpc) is 2.37. The lowest BCUT2D eigenvalue weighted by Gasteiger charge is -2.10. The van der Waals surface area contributed by atoms with Crippen LogP contribution in [0.2, 0.25) is 0 Å². The number of hydrogen-bond acceptors (Lipinski definition) is 4. The number of carboxylic acids is 1. The van der Waals surface area contributed by atoms with Crippen LogP contribution in [0.3, 0.4) is 0 Å². The van der Waals surface area contributed by atoms with Crippen LogP contribution in [0, 0.1) is 0 Å². The number of rotatable bonds is 7. The van der Waals surface area contributed by atoms with Crippen molar-refractivity contribution in [3.05, 3.63) is 29.8 Å². The van der Waals surface area contributed by atoms with Crippen LogP contribution in [0.25, 0.3) is 6.08 Å². The zero-order valence-corrected chi connectivity index (χ0v) is 10.4. The van der Waals surface area contributed by atoms with Gasteiger partial charge in [-0.1, -0.05) is 0 Å². The van der Waals surface area contributed by atoms with E-state index in [1.54, 1.807) is 25.3 Å². The Balaban J connectivity index is 2.89. The second kappa shape index (κ2) is 7.34. The van der Waals surface area contributed by atoms with Crippen molar-refractivity contribution < 1.29 is 24.1 Å². The Kier molecular flexibility index (Phi) is 5.73. The van der Waals surface area contributed by atoms with E-state index in [4.69, 9.17) is 19.3 Å². The lowest BCUT2D eigenvalue weighted by atomic mass is 10.1. The quantitative estimate of drug-likeness (QED) is 0.457. The summed E-state index contributed by atoms with van der Waals surface area (Å²) >= 11 is 0. The molecule has 0 amide bonds. The van der Waals surface area contributed by atoms with E-state index in [9.17, 15) is 4.79 Å². The van der Waals surface area contributed by atoms with Crippen LogP contribution in [-0.4, -0.2) is 31.6 Å². The fourth-order valence-electron chi connectivity index (χ4n) is 1.26. The number of methoxy groups -OCH3 is 1. The van der Waals surface area contributed by atoms with E-state index in [2.05, 4.69) is 0 Å². The van der Waals surface area contributed by atoms with Gasteiger partial charge in [0.05, 0.1) is 7.11 Å². The molecule has 1 N–H and O–H groups in total. The maximum atomic E-state index is 10.5. The Morgan fingerprint density at radius 2 is 2.22 bits per heavy atom. The van der Waals surface area contributed by atoms with Crippen molar-refractivity contribution in [1.82, 2.24) is 0 Å². The van der Waals surface area contributed by atoms with Gasteiger partial charge in [0, 0.05) is 18.2 Å². The van der Waals surface area contributed by atoms with Gasteiger partial charge in [0.1, 0.15) is 11.5 Å². The summed E-state index contributed by atoms with van der Waals surface area (Å²) in [5, 5.41) is 8.62. The molecule has 98 valence electrons. The number of benzene rings is 1. The summed E-state index contributed by atoms with van der Waals surface area (Å²) in [5.74, 6) is 0.152. The first-order chi connectivity index (χ1) is 8.67. The van der Waals surface area contributed by atoms with E-state index in [0.29, 0.717) is 23.7 Å². The molecular weight excluding hydrogens is 236 g/mol. The fraction of sp³-hybridized carbons (Fsp3) is 0.308. The summed E-state index contributed by atoms with van der Waals surface area (Å²) in [4.78, 5) is 10.5. The minimum absolute atomic E-state index is 0.122. The van der Waals surface area contributed by atoms with Crippen LogP contribution in [0.4, 0.5) is 0 Å². The number of aliphatic carboxylic acids is 1. The third-order valence-electron chi connectivity index (χ3n) is 2.12.